The van der Waals surface area contributed by atoms with Crippen LogP contribution < -0.4 is 10.1 Å². The summed E-state index contributed by atoms with van der Waals surface area (Å²) in [6, 6.07) is 13.1. The highest BCUT2D eigenvalue weighted by atomic mass is 16.5. The fourth-order valence-corrected chi connectivity index (χ4v) is 3.91. The standard InChI is InChI=1S/C22H25N3O4/c1-27-18-7-5-17(6-8-18)22(9-14-28-15-10-22)21(26)23-16-19(20-4-2-13-29-20)25-12-3-11-24-25/h2-8,11-13,19H,9-10,14-16H2,1H3,(H,23,26). The third-order valence-electron chi connectivity index (χ3n) is 5.60. The van der Waals surface area contributed by atoms with Gasteiger partial charge in [0, 0.05) is 32.2 Å². The second-order valence-electron chi connectivity index (χ2n) is 7.15. The van der Waals surface area contributed by atoms with Crippen LogP contribution in [0.1, 0.15) is 30.2 Å². The monoisotopic (exact) mass is 395 g/mol. The number of amides is 1. The summed E-state index contributed by atoms with van der Waals surface area (Å²) in [6.45, 7) is 1.49. The third kappa shape index (κ3) is 3.91. The molecule has 0 bridgehead atoms. The van der Waals surface area contributed by atoms with Crippen molar-refractivity contribution in [2.45, 2.75) is 24.3 Å². The summed E-state index contributed by atoms with van der Waals surface area (Å²) < 4.78 is 18.2. The van der Waals surface area contributed by atoms with E-state index in [4.69, 9.17) is 13.9 Å². The molecule has 1 amide bonds. The number of hydrogen-bond acceptors (Lipinski definition) is 5. The maximum atomic E-state index is 13.5. The molecule has 2 aromatic heterocycles. The van der Waals surface area contributed by atoms with E-state index in [1.807, 2.05) is 48.7 Å². The average Bonchev–Trinajstić information content (AvgIpc) is 3.49. The van der Waals surface area contributed by atoms with Crippen LogP contribution in [0, 0.1) is 0 Å². The second-order valence-corrected chi connectivity index (χ2v) is 7.15. The molecular weight excluding hydrogens is 370 g/mol. The van der Waals surface area contributed by atoms with Gasteiger partial charge in [-0.05, 0) is 48.7 Å². The highest BCUT2D eigenvalue weighted by molar-refractivity contribution is 5.88. The number of rotatable bonds is 7. The zero-order valence-electron chi connectivity index (χ0n) is 16.4. The van der Waals surface area contributed by atoms with Crippen LogP contribution in [0.15, 0.2) is 65.5 Å². The highest BCUT2D eigenvalue weighted by Crippen LogP contribution is 2.36. The number of nitrogens with one attached hydrogen (secondary N) is 1. The minimum absolute atomic E-state index is 0.00493. The summed E-state index contributed by atoms with van der Waals surface area (Å²) in [5.74, 6) is 1.52. The molecule has 7 nitrogen and oxygen atoms in total. The molecule has 1 aromatic carbocycles. The van der Waals surface area contributed by atoms with Crippen molar-refractivity contribution in [3.63, 3.8) is 0 Å². The zero-order chi connectivity index (χ0) is 20.1. The van der Waals surface area contributed by atoms with Gasteiger partial charge < -0.3 is 19.2 Å². The molecule has 1 aliphatic rings. The van der Waals surface area contributed by atoms with Gasteiger partial charge in [-0.2, -0.15) is 5.10 Å². The lowest BCUT2D eigenvalue weighted by Crippen LogP contribution is -2.49. The summed E-state index contributed by atoms with van der Waals surface area (Å²) in [4.78, 5) is 13.5. The van der Waals surface area contributed by atoms with E-state index in [9.17, 15) is 4.79 Å². The van der Waals surface area contributed by atoms with Gasteiger partial charge in [0.1, 0.15) is 17.6 Å². The van der Waals surface area contributed by atoms with Crippen LogP contribution in [0.5, 0.6) is 5.75 Å². The zero-order valence-corrected chi connectivity index (χ0v) is 16.4. The first kappa shape index (κ1) is 19.3. The quantitative estimate of drug-likeness (QED) is 0.665. The Bertz CT molecular complexity index is 864. The molecule has 7 heteroatoms. The molecule has 1 aliphatic heterocycles. The maximum Gasteiger partial charge on any atom is 0.230 e. The first-order valence-electron chi connectivity index (χ1n) is 9.76. The van der Waals surface area contributed by atoms with Crippen LogP contribution >= 0.6 is 0 Å². The molecule has 29 heavy (non-hydrogen) atoms. The van der Waals surface area contributed by atoms with E-state index in [1.54, 1.807) is 24.3 Å². The summed E-state index contributed by atoms with van der Waals surface area (Å²) in [5.41, 5.74) is 0.357. The number of furan rings is 1. The number of ether oxygens (including phenoxy) is 2. The average molecular weight is 395 g/mol. The van der Waals surface area contributed by atoms with Crippen molar-refractivity contribution in [3.05, 3.63) is 72.4 Å². The molecule has 152 valence electrons. The lowest BCUT2D eigenvalue weighted by molar-refractivity contribution is -0.130. The van der Waals surface area contributed by atoms with Crippen LogP contribution in [0.3, 0.4) is 0 Å². The molecule has 1 saturated heterocycles. The molecule has 1 atom stereocenters. The van der Waals surface area contributed by atoms with E-state index in [2.05, 4.69) is 10.4 Å². The Morgan fingerprint density at radius 1 is 1.24 bits per heavy atom. The van der Waals surface area contributed by atoms with Crippen molar-refractivity contribution < 1.29 is 18.7 Å². The lowest BCUT2D eigenvalue weighted by atomic mass is 9.73. The molecule has 3 aromatic rings. The summed E-state index contributed by atoms with van der Waals surface area (Å²) in [6.07, 6.45) is 6.49. The van der Waals surface area contributed by atoms with Gasteiger partial charge in [-0.1, -0.05) is 12.1 Å². The number of nitrogens with zero attached hydrogens (tertiary/aromatic N) is 2. The Kier molecular flexibility index (Phi) is 5.67. The van der Waals surface area contributed by atoms with Crippen LogP contribution in [-0.4, -0.2) is 42.6 Å². The number of hydrogen-bond donors (Lipinski definition) is 1. The highest BCUT2D eigenvalue weighted by Gasteiger charge is 2.42. The van der Waals surface area contributed by atoms with Crippen LogP contribution in [-0.2, 0) is 14.9 Å². The van der Waals surface area contributed by atoms with E-state index in [0.717, 1.165) is 17.1 Å². The first-order chi connectivity index (χ1) is 14.2. The van der Waals surface area contributed by atoms with E-state index in [-0.39, 0.29) is 11.9 Å². The fourth-order valence-electron chi connectivity index (χ4n) is 3.91. The van der Waals surface area contributed by atoms with Gasteiger partial charge in [0.2, 0.25) is 5.91 Å². The number of benzene rings is 1. The second kappa shape index (κ2) is 8.53. The molecular formula is C22H25N3O4. The van der Waals surface area contributed by atoms with Gasteiger partial charge in [-0.3, -0.25) is 9.48 Å². The van der Waals surface area contributed by atoms with Crippen molar-refractivity contribution >= 4 is 5.91 Å². The molecule has 1 unspecified atom stereocenters. The number of aromatic nitrogens is 2. The normalized spacial score (nSPS) is 16.9. The molecule has 0 spiro atoms. The van der Waals surface area contributed by atoms with E-state index >= 15 is 0 Å². The summed E-state index contributed by atoms with van der Waals surface area (Å²) in [7, 11) is 1.63. The van der Waals surface area contributed by atoms with Gasteiger partial charge >= 0.3 is 0 Å². The number of carbonyl (C=O) groups excluding carboxylic acids is 1. The predicted molar refractivity (Wildman–Crippen MR) is 107 cm³/mol. The Hall–Kier alpha value is -3.06. The summed E-state index contributed by atoms with van der Waals surface area (Å²) >= 11 is 0. The van der Waals surface area contributed by atoms with Crippen molar-refractivity contribution in [2.75, 3.05) is 26.9 Å². The lowest BCUT2D eigenvalue weighted by Gasteiger charge is -2.36. The van der Waals surface area contributed by atoms with Gasteiger partial charge in [0.25, 0.3) is 0 Å². The third-order valence-corrected chi connectivity index (χ3v) is 5.60. The Morgan fingerprint density at radius 3 is 2.66 bits per heavy atom. The smallest absolute Gasteiger partial charge is 0.230 e. The van der Waals surface area contributed by atoms with Crippen LogP contribution in [0.4, 0.5) is 0 Å². The largest absolute Gasteiger partial charge is 0.497 e. The molecule has 0 saturated carbocycles. The van der Waals surface area contributed by atoms with Crippen molar-refractivity contribution in [2.24, 2.45) is 0 Å². The van der Waals surface area contributed by atoms with Crippen molar-refractivity contribution in [1.82, 2.24) is 15.1 Å². The van der Waals surface area contributed by atoms with Gasteiger partial charge in [-0.25, -0.2) is 0 Å². The SMILES string of the molecule is COc1ccc(C2(C(=O)NCC(c3ccco3)n3cccn3)CCOCC2)cc1. The van der Waals surface area contributed by atoms with E-state index < -0.39 is 5.41 Å². The summed E-state index contributed by atoms with van der Waals surface area (Å²) in [5, 5.41) is 7.48. The fraction of sp³-hybridized carbons (Fsp3) is 0.364. The van der Waals surface area contributed by atoms with Crippen LogP contribution in [0.25, 0.3) is 0 Å². The van der Waals surface area contributed by atoms with Gasteiger partial charge in [0.15, 0.2) is 0 Å². The Labute approximate surface area is 169 Å². The first-order valence-corrected chi connectivity index (χ1v) is 9.76. The minimum Gasteiger partial charge on any atom is -0.497 e. The Balaban J connectivity index is 1.56. The van der Waals surface area contributed by atoms with Crippen molar-refractivity contribution in [1.29, 1.82) is 0 Å². The van der Waals surface area contributed by atoms with E-state index in [0.29, 0.717) is 32.6 Å². The van der Waals surface area contributed by atoms with Crippen LogP contribution in [0.2, 0.25) is 0 Å². The molecule has 1 N–H and O–H groups in total. The Morgan fingerprint density at radius 2 is 2.03 bits per heavy atom. The molecule has 0 radical (unpaired) electrons. The predicted octanol–water partition coefficient (Wildman–Crippen LogP) is 2.94. The molecule has 0 aliphatic carbocycles. The van der Waals surface area contributed by atoms with E-state index in [1.165, 1.54) is 0 Å². The maximum absolute atomic E-state index is 13.5. The van der Waals surface area contributed by atoms with Crippen molar-refractivity contribution in [3.8, 4) is 5.75 Å². The van der Waals surface area contributed by atoms with Gasteiger partial charge in [-0.15, -0.1) is 0 Å². The number of carbonyl (C=O) groups is 1. The molecule has 1 fully saturated rings. The molecule has 3 heterocycles. The number of methoxy groups -OCH3 is 1. The van der Waals surface area contributed by atoms with Gasteiger partial charge in [0.05, 0.1) is 18.8 Å². The topological polar surface area (TPSA) is 78.5 Å². The molecule has 4 rings (SSSR count). The minimum atomic E-state index is -0.623.